The van der Waals surface area contributed by atoms with Gasteiger partial charge in [0.2, 0.25) is 11.8 Å². The third kappa shape index (κ3) is 6.37. The number of benzene rings is 1. The van der Waals surface area contributed by atoms with Gasteiger partial charge in [-0.1, -0.05) is 11.6 Å². The molecule has 24 heavy (non-hydrogen) atoms. The van der Waals surface area contributed by atoms with Gasteiger partial charge in [-0.05, 0) is 24.6 Å². The van der Waals surface area contributed by atoms with Gasteiger partial charge in [-0.15, -0.1) is 0 Å². The van der Waals surface area contributed by atoms with Gasteiger partial charge < -0.3 is 15.0 Å². The summed E-state index contributed by atoms with van der Waals surface area (Å²) in [5, 5.41) is 1.88. The Morgan fingerprint density at radius 1 is 1.33 bits per heavy atom. The van der Waals surface area contributed by atoms with Gasteiger partial charge in [0.1, 0.15) is 0 Å². The lowest BCUT2D eigenvalue weighted by molar-refractivity contribution is -0.137. The molecular formula is C15H18ClF3N2O3. The van der Waals surface area contributed by atoms with E-state index < -0.39 is 22.7 Å². The molecule has 1 aromatic carbocycles. The Kier molecular flexibility index (Phi) is 7.50. The first kappa shape index (κ1) is 20.2. The molecule has 0 heterocycles. The summed E-state index contributed by atoms with van der Waals surface area (Å²) in [5.74, 6) is -0.911. The second-order valence-electron chi connectivity index (χ2n) is 5.03. The predicted molar refractivity (Wildman–Crippen MR) is 83.8 cm³/mol. The van der Waals surface area contributed by atoms with Crippen LogP contribution < -0.4 is 5.32 Å². The Balaban J connectivity index is 2.74. The zero-order valence-corrected chi connectivity index (χ0v) is 14.0. The molecule has 0 aliphatic heterocycles. The summed E-state index contributed by atoms with van der Waals surface area (Å²) in [6, 6.07) is 3.07. The van der Waals surface area contributed by atoms with Crippen molar-refractivity contribution < 1.29 is 27.5 Å². The molecule has 0 bridgehead atoms. The number of halogens is 4. The first-order valence-corrected chi connectivity index (χ1v) is 7.44. The topological polar surface area (TPSA) is 58.6 Å². The van der Waals surface area contributed by atoms with Gasteiger partial charge in [-0.2, -0.15) is 13.2 Å². The minimum absolute atomic E-state index is 0.0443. The molecule has 134 valence electrons. The first-order valence-electron chi connectivity index (χ1n) is 7.06. The molecule has 0 aliphatic rings. The second-order valence-corrected chi connectivity index (χ2v) is 5.43. The smallest absolute Gasteiger partial charge is 0.385 e. The van der Waals surface area contributed by atoms with Crippen LogP contribution >= 0.6 is 11.6 Å². The van der Waals surface area contributed by atoms with E-state index >= 15 is 0 Å². The average Bonchev–Trinajstić information content (AvgIpc) is 2.47. The number of nitrogens with one attached hydrogen (secondary N) is 1. The van der Waals surface area contributed by atoms with Crippen LogP contribution in [0, 0.1) is 0 Å². The Hall–Kier alpha value is -1.80. The van der Waals surface area contributed by atoms with Gasteiger partial charge in [0.15, 0.2) is 0 Å². The van der Waals surface area contributed by atoms with Gasteiger partial charge in [0, 0.05) is 32.9 Å². The van der Waals surface area contributed by atoms with Crippen LogP contribution in [0.3, 0.4) is 0 Å². The minimum Gasteiger partial charge on any atom is -0.385 e. The van der Waals surface area contributed by atoms with E-state index in [4.69, 9.17) is 16.3 Å². The molecule has 2 amide bonds. The normalized spacial score (nSPS) is 11.2. The number of anilines is 1. The van der Waals surface area contributed by atoms with Crippen LogP contribution in [0.15, 0.2) is 18.2 Å². The molecule has 0 atom stereocenters. The van der Waals surface area contributed by atoms with E-state index in [0.29, 0.717) is 19.6 Å². The van der Waals surface area contributed by atoms with Gasteiger partial charge >= 0.3 is 6.18 Å². The third-order valence-corrected chi connectivity index (χ3v) is 3.44. The summed E-state index contributed by atoms with van der Waals surface area (Å²) in [6.45, 7) is 1.79. The molecule has 1 rings (SSSR count). The fraction of sp³-hybridized carbons (Fsp3) is 0.467. The van der Waals surface area contributed by atoms with Crippen LogP contribution in [0.5, 0.6) is 0 Å². The highest BCUT2D eigenvalue weighted by Gasteiger charge is 2.33. The fourth-order valence-corrected chi connectivity index (χ4v) is 2.17. The molecule has 0 radical (unpaired) electrons. The lowest BCUT2D eigenvalue weighted by atomic mass is 10.2. The lowest BCUT2D eigenvalue weighted by Crippen LogP contribution is -2.37. The van der Waals surface area contributed by atoms with Crippen LogP contribution in [-0.4, -0.2) is 43.5 Å². The van der Waals surface area contributed by atoms with E-state index in [2.05, 4.69) is 5.32 Å². The first-order chi connectivity index (χ1) is 11.1. The Labute approximate surface area is 142 Å². The van der Waals surface area contributed by atoms with E-state index in [1.54, 1.807) is 0 Å². The van der Waals surface area contributed by atoms with Crippen molar-refractivity contribution in [2.75, 3.05) is 32.1 Å². The van der Waals surface area contributed by atoms with E-state index in [1.165, 1.54) is 25.0 Å². The van der Waals surface area contributed by atoms with Crippen molar-refractivity contribution >= 4 is 29.1 Å². The van der Waals surface area contributed by atoms with Crippen molar-refractivity contribution in [3.63, 3.8) is 0 Å². The summed E-state index contributed by atoms with van der Waals surface area (Å²) in [6.07, 6.45) is -4.08. The largest absolute Gasteiger partial charge is 0.417 e. The maximum Gasteiger partial charge on any atom is 0.417 e. The highest BCUT2D eigenvalue weighted by molar-refractivity contribution is 6.31. The Bertz CT molecular complexity index is 594. The molecule has 0 saturated heterocycles. The van der Waals surface area contributed by atoms with E-state index in [0.717, 1.165) is 12.1 Å². The number of carbonyl (C=O) groups is 2. The highest BCUT2D eigenvalue weighted by Crippen LogP contribution is 2.36. The van der Waals surface area contributed by atoms with Crippen LogP contribution in [0.4, 0.5) is 18.9 Å². The number of nitrogens with zero attached hydrogens (tertiary/aromatic N) is 1. The molecular weight excluding hydrogens is 349 g/mol. The molecule has 5 nitrogen and oxygen atoms in total. The number of alkyl halides is 3. The summed E-state index contributed by atoms with van der Waals surface area (Å²) in [4.78, 5) is 24.7. The van der Waals surface area contributed by atoms with E-state index in [1.807, 2.05) is 0 Å². The number of rotatable bonds is 7. The van der Waals surface area contributed by atoms with Gasteiger partial charge in [-0.25, -0.2) is 0 Å². The summed E-state index contributed by atoms with van der Waals surface area (Å²) < 4.78 is 43.3. The molecule has 0 aliphatic carbocycles. The highest BCUT2D eigenvalue weighted by atomic mass is 35.5. The van der Waals surface area contributed by atoms with Crippen LogP contribution in [0.2, 0.25) is 5.02 Å². The summed E-state index contributed by atoms with van der Waals surface area (Å²) in [7, 11) is 1.52. The van der Waals surface area contributed by atoms with Crippen molar-refractivity contribution in [3.05, 3.63) is 28.8 Å². The second kappa shape index (κ2) is 8.89. The average molecular weight is 367 g/mol. The van der Waals surface area contributed by atoms with Crippen molar-refractivity contribution in [3.8, 4) is 0 Å². The minimum atomic E-state index is -4.62. The van der Waals surface area contributed by atoms with Crippen LogP contribution in [-0.2, 0) is 20.5 Å². The van der Waals surface area contributed by atoms with Crippen molar-refractivity contribution in [1.29, 1.82) is 0 Å². The number of methoxy groups -OCH3 is 1. The number of carbonyl (C=O) groups excluding carboxylic acids is 2. The molecule has 0 saturated carbocycles. The lowest BCUT2D eigenvalue weighted by Gasteiger charge is -2.20. The fourth-order valence-electron chi connectivity index (χ4n) is 1.94. The molecule has 1 aromatic rings. The number of hydrogen-bond donors (Lipinski definition) is 1. The van der Waals surface area contributed by atoms with Gasteiger partial charge in [-0.3, -0.25) is 9.59 Å². The van der Waals surface area contributed by atoms with Crippen LogP contribution in [0.25, 0.3) is 0 Å². The monoisotopic (exact) mass is 366 g/mol. The molecule has 0 unspecified atom stereocenters. The maximum atomic E-state index is 12.8. The van der Waals surface area contributed by atoms with Crippen LogP contribution in [0.1, 0.15) is 18.9 Å². The zero-order valence-electron chi connectivity index (χ0n) is 13.2. The molecule has 0 spiro atoms. The Morgan fingerprint density at radius 2 is 2.00 bits per heavy atom. The Morgan fingerprint density at radius 3 is 2.54 bits per heavy atom. The van der Waals surface area contributed by atoms with Gasteiger partial charge in [0.05, 0.1) is 17.1 Å². The maximum absolute atomic E-state index is 12.8. The summed E-state index contributed by atoms with van der Waals surface area (Å²) in [5.41, 5.74) is -1.08. The van der Waals surface area contributed by atoms with Crippen molar-refractivity contribution in [1.82, 2.24) is 4.90 Å². The summed E-state index contributed by atoms with van der Waals surface area (Å²) >= 11 is 5.52. The molecule has 1 N–H and O–H groups in total. The quantitative estimate of drug-likeness (QED) is 0.754. The number of hydrogen-bond acceptors (Lipinski definition) is 3. The molecule has 0 aromatic heterocycles. The van der Waals surface area contributed by atoms with Crippen molar-refractivity contribution in [2.45, 2.75) is 19.5 Å². The standard InChI is InChI=1S/C15H18ClF3N2O3/c1-10(22)21(6-3-7-24-2)9-14(23)20-11-4-5-13(16)12(8-11)15(17,18)19/h4-5,8H,3,6-7,9H2,1-2H3,(H,20,23). The SMILES string of the molecule is COCCCN(CC(=O)Nc1ccc(Cl)c(C(F)(F)F)c1)C(C)=O. The van der Waals surface area contributed by atoms with Crippen molar-refractivity contribution in [2.24, 2.45) is 0 Å². The van der Waals surface area contributed by atoms with E-state index in [-0.39, 0.29) is 18.1 Å². The third-order valence-electron chi connectivity index (χ3n) is 3.11. The van der Waals surface area contributed by atoms with Gasteiger partial charge in [0.25, 0.3) is 0 Å². The number of amides is 2. The van der Waals surface area contributed by atoms with E-state index in [9.17, 15) is 22.8 Å². The molecule has 9 heteroatoms. The molecule has 0 fully saturated rings. The zero-order chi connectivity index (χ0) is 18.3. The number of ether oxygens (including phenoxy) is 1. The predicted octanol–water partition coefficient (Wildman–Crippen LogP) is 3.18.